The maximum Gasteiger partial charge on any atom is 0.269 e. The number of nitro groups is 1. The molecule has 3 aromatic rings. The highest BCUT2D eigenvalue weighted by molar-refractivity contribution is 7.89. The molecule has 4 rings (SSSR count). The number of anilines is 1. The number of ether oxygens (including phenoxy) is 1. The standard InChI is InChI=1S/C23H25N5O5S/c1-17-14-19(16-24-25-20-6-8-21(9-7-20)28(29)30)18(2)27(17)22-4-3-5-23(15-22)34(31,32)26-10-12-33-13-11-26/h3-9,14-16,25H,10-13H2,1-2H3/b24-16+. The van der Waals surface area contributed by atoms with Gasteiger partial charge in [0.05, 0.1) is 34.9 Å². The van der Waals surface area contributed by atoms with Crippen molar-refractivity contribution in [2.24, 2.45) is 5.10 Å². The Morgan fingerprint density at radius 3 is 2.47 bits per heavy atom. The van der Waals surface area contributed by atoms with Crippen LogP contribution in [-0.2, 0) is 14.8 Å². The first kappa shape index (κ1) is 23.6. The van der Waals surface area contributed by atoms with Crippen LogP contribution in [0, 0.1) is 24.0 Å². The van der Waals surface area contributed by atoms with Crippen LogP contribution in [-0.4, -0.2) is 54.7 Å². The highest BCUT2D eigenvalue weighted by Crippen LogP contribution is 2.24. The molecule has 0 unspecified atom stereocenters. The fraction of sp³-hybridized carbons (Fsp3) is 0.261. The number of aryl methyl sites for hydroxylation is 1. The molecule has 0 saturated carbocycles. The molecule has 0 aliphatic carbocycles. The van der Waals surface area contributed by atoms with E-state index in [0.29, 0.717) is 32.0 Å². The predicted octanol–water partition coefficient (Wildman–Crippen LogP) is 3.47. The maximum absolute atomic E-state index is 13.1. The Balaban J connectivity index is 1.56. The van der Waals surface area contributed by atoms with Gasteiger partial charge in [-0.15, -0.1) is 0 Å². The van der Waals surface area contributed by atoms with Crippen LogP contribution in [0.25, 0.3) is 5.69 Å². The van der Waals surface area contributed by atoms with Crippen LogP contribution >= 0.6 is 0 Å². The average Bonchev–Trinajstić information content (AvgIpc) is 3.12. The Kier molecular flexibility index (Phi) is 6.77. The molecule has 0 radical (unpaired) electrons. The minimum atomic E-state index is -3.60. The lowest BCUT2D eigenvalue weighted by Gasteiger charge is -2.26. The topological polar surface area (TPSA) is 119 Å². The molecule has 11 heteroatoms. The number of morpholine rings is 1. The van der Waals surface area contributed by atoms with Gasteiger partial charge >= 0.3 is 0 Å². The van der Waals surface area contributed by atoms with Gasteiger partial charge < -0.3 is 9.30 Å². The summed E-state index contributed by atoms with van der Waals surface area (Å²) in [5.74, 6) is 0. The van der Waals surface area contributed by atoms with Gasteiger partial charge in [-0.3, -0.25) is 15.5 Å². The molecule has 0 atom stereocenters. The van der Waals surface area contributed by atoms with Crippen molar-refractivity contribution in [3.05, 3.63) is 81.7 Å². The number of hydrogen-bond donors (Lipinski definition) is 1. The van der Waals surface area contributed by atoms with Crippen LogP contribution in [0.15, 0.2) is 64.6 Å². The normalized spacial score (nSPS) is 15.0. The Labute approximate surface area is 197 Å². The van der Waals surface area contributed by atoms with E-state index in [1.807, 2.05) is 30.5 Å². The number of hydrogen-bond acceptors (Lipinski definition) is 7. The van der Waals surface area contributed by atoms with Gasteiger partial charge in [-0.1, -0.05) is 6.07 Å². The summed E-state index contributed by atoms with van der Waals surface area (Å²) < 4.78 is 34.9. The SMILES string of the molecule is Cc1cc(/C=N/Nc2ccc([N+](=O)[O-])cc2)c(C)n1-c1cccc(S(=O)(=O)N2CCOCC2)c1. The third-order valence-corrected chi connectivity index (χ3v) is 7.52. The third kappa shape index (κ3) is 4.86. The second kappa shape index (κ2) is 9.75. The Morgan fingerprint density at radius 1 is 1.09 bits per heavy atom. The molecule has 10 nitrogen and oxygen atoms in total. The van der Waals surface area contributed by atoms with Crippen molar-refractivity contribution < 1.29 is 18.1 Å². The van der Waals surface area contributed by atoms with E-state index in [0.717, 1.165) is 22.6 Å². The molecule has 1 aliphatic heterocycles. The minimum Gasteiger partial charge on any atom is -0.379 e. The van der Waals surface area contributed by atoms with E-state index in [-0.39, 0.29) is 10.6 Å². The highest BCUT2D eigenvalue weighted by Gasteiger charge is 2.26. The summed E-state index contributed by atoms with van der Waals surface area (Å²) in [4.78, 5) is 10.6. The summed E-state index contributed by atoms with van der Waals surface area (Å²) in [6.45, 7) is 5.35. The van der Waals surface area contributed by atoms with Gasteiger partial charge in [0.25, 0.3) is 5.69 Å². The van der Waals surface area contributed by atoms with Crippen LogP contribution in [0.3, 0.4) is 0 Å². The van der Waals surface area contributed by atoms with Crippen molar-refractivity contribution in [1.29, 1.82) is 0 Å². The average molecular weight is 484 g/mol. The molecule has 178 valence electrons. The molecule has 34 heavy (non-hydrogen) atoms. The van der Waals surface area contributed by atoms with E-state index in [9.17, 15) is 18.5 Å². The molecule has 0 bridgehead atoms. The van der Waals surface area contributed by atoms with E-state index in [1.165, 1.54) is 16.4 Å². The summed E-state index contributed by atoms with van der Waals surface area (Å²) in [5.41, 5.74) is 6.91. The summed E-state index contributed by atoms with van der Waals surface area (Å²) in [6, 6.07) is 14.8. The van der Waals surface area contributed by atoms with Crippen LogP contribution in [0.1, 0.15) is 17.0 Å². The molecule has 2 aromatic carbocycles. The smallest absolute Gasteiger partial charge is 0.269 e. The van der Waals surface area contributed by atoms with Gasteiger partial charge in [-0.05, 0) is 50.2 Å². The fourth-order valence-electron chi connectivity index (χ4n) is 3.87. The lowest BCUT2D eigenvalue weighted by Crippen LogP contribution is -2.40. The number of nitrogens with zero attached hydrogens (tertiary/aromatic N) is 4. The van der Waals surface area contributed by atoms with Crippen molar-refractivity contribution in [2.75, 3.05) is 31.7 Å². The zero-order chi connectivity index (χ0) is 24.3. The second-order valence-electron chi connectivity index (χ2n) is 7.85. The Hall–Kier alpha value is -3.54. The van der Waals surface area contributed by atoms with Crippen molar-refractivity contribution in [3.63, 3.8) is 0 Å². The number of nitro benzene ring substituents is 1. The number of rotatable bonds is 7. The Morgan fingerprint density at radius 2 is 1.79 bits per heavy atom. The highest BCUT2D eigenvalue weighted by atomic mass is 32.2. The van der Waals surface area contributed by atoms with Gasteiger partial charge in [0.2, 0.25) is 10.0 Å². The molecular weight excluding hydrogens is 458 g/mol. The zero-order valence-electron chi connectivity index (χ0n) is 18.8. The van der Waals surface area contributed by atoms with E-state index in [4.69, 9.17) is 4.74 Å². The lowest BCUT2D eigenvalue weighted by molar-refractivity contribution is -0.384. The van der Waals surface area contributed by atoms with Crippen molar-refractivity contribution in [2.45, 2.75) is 18.7 Å². The van der Waals surface area contributed by atoms with Crippen LogP contribution in [0.2, 0.25) is 0 Å². The minimum absolute atomic E-state index is 0.0101. The molecule has 1 N–H and O–H groups in total. The quantitative estimate of drug-likeness (QED) is 0.312. The number of aromatic nitrogens is 1. The van der Waals surface area contributed by atoms with Gasteiger partial charge in [-0.2, -0.15) is 9.41 Å². The zero-order valence-corrected chi connectivity index (χ0v) is 19.7. The number of hydrazone groups is 1. The van der Waals surface area contributed by atoms with Crippen LogP contribution in [0.5, 0.6) is 0 Å². The molecular formula is C23H25N5O5S. The van der Waals surface area contributed by atoms with E-state index in [2.05, 4.69) is 10.5 Å². The summed E-state index contributed by atoms with van der Waals surface area (Å²) in [6.07, 6.45) is 1.66. The molecule has 2 heterocycles. The molecule has 1 aromatic heterocycles. The fourth-order valence-corrected chi connectivity index (χ4v) is 5.32. The van der Waals surface area contributed by atoms with E-state index in [1.54, 1.807) is 36.5 Å². The number of benzene rings is 2. The summed E-state index contributed by atoms with van der Waals surface area (Å²) in [5, 5.41) is 15.0. The molecule has 1 aliphatic rings. The van der Waals surface area contributed by atoms with Crippen molar-refractivity contribution in [1.82, 2.24) is 8.87 Å². The molecule has 1 saturated heterocycles. The number of non-ortho nitro benzene ring substituents is 1. The van der Waals surface area contributed by atoms with E-state index >= 15 is 0 Å². The first-order chi connectivity index (χ1) is 16.3. The molecule has 0 spiro atoms. The van der Waals surface area contributed by atoms with Gasteiger partial charge in [0.1, 0.15) is 0 Å². The van der Waals surface area contributed by atoms with Gasteiger partial charge in [0, 0.05) is 47.9 Å². The van der Waals surface area contributed by atoms with Gasteiger partial charge in [-0.25, -0.2) is 8.42 Å². The Bertz CT molecular complexity index is 1330. The first-order valence-electron chi connectivity index (χ1n) is 10.7. The largest absolute Gasteiger partial charge is 0.379 e. The number of sulfonamides is 1. The predicted molar refractivity (Wildman–Crippen MR) is 129 cm³/mol. The van der Waals surface area contributed by atoms with Crippen LogP contribution < -0.4 is 5.43 Å². The van der Waals surface area contributed by atoms with Gasteiger partial charge in [0.15, 0.2) is 0 Å². The van der Waals surface area contributed by atoms with Crippen molar-refractivity contribution in [3.8, 4) is 5.69 Å². The number of nitrogens with one attached hydrogen (secondary N) is 1. The van der Waals surface area contributed by atoms with Crippen molar-refractivity contribution >= 4 is 27.6 Å². The summed E-state index contributed by atoms with van der Waals surface area (Å²) >= 11 is 0. The third-order valence-electron chi connectivity index (χ3n) is 5.63. The molecule has 0 amide bonds. The summed E-state index contributed by atoms with van der Waals surface area (Å²) in [7, 11) is -3.60. The maximum atomic E-state index is 13.1. The van der Waals surface area contributed by atoms with E-state index < -0.39 is 14.9 Å². The van der Waals surface area contributed by atoms with Crippen LogP contribution in [0.4, 0.5) is 11.4 Å². The second-order valence-corrected chi connectivity index (χ2v) is 9.79. The first-order valence-corrected chi connectivity index (χ1v) is 12.1. The monoisotopic (exact) mass is 483 g/mol. The lowest BCUT2D eigenvalue weighted by atomic mass is 10.2. The molecule has 1 fully saturated rings.